The highest BCUT2D eigenvalue weighted by Crippen LogP contribution is 2.17. The van der Waals surface area contributed by atoms with Crippen LogP contribution in [0.1, 0.15) is 24.5 Å². The Hall–Kier alpha value is -2.22. The predicted molar refractivity (Wildman–Crippen MR) is 109 cm³/mol. The average molecular weight is 449 g/mol. The van der Waals surface area contributed by atoms with Crippen LogP contribution >= 0.6 is 22.6 Å². The fraction of sp³-hybridized carbons (Fsp3) is 0.211. The SMILES string of the molecule is C/C(CCc1ccccc1)=N\NC(=O)C(=O)Nc1ccc(I)cc1C. The third-order valence-electron chi connectivity index (χ3n) is 3.61. The highest BCUT2D eigenvalue weighted by Gasteiger charge is 2.14. The van der Waals surface area contributed by atoms with Crippen LogP contribution in [0.3, 0.4) is 0 Å². The molecule has 0 spiro atoms. The van der Waals surface area contributed by atoms with Crippen LogP contribution < -0.4 is 10.7 Å². The Morgan fingerprint density at radius 2 is 1.80 bits per heavy atom. The first kappa shape index (κ1) is 19.1. The number of amides is 2. The fourth-order valence-corrected chi connectivity index (χ4v) is 2.82. The second-order valence-electron chi connectivity index (χ2n) is 5.69. The number of benzene rings is 2. The van der Waals surface area contributed by atoms with Crippen molar-refractivity contribution in [3.8, 4) is 0 Å². The fourth-order valence-electron chi connectivity index (χ4n) is 2.17. The van der Waals surface area contributed by atoms with E-state index in [0.717, 1.165) is 21.3 Å². The Bertz CT molecular complexity index is 789. The highest BCUT2D eigenvalue weighted by molar-refractivity contribution is 14.1. The summed E-state index contributed by atoms with van der Waals surface area (Å²) < 4.78 is 1.07. The number of aryl methyl sites for hydroxylation is 2. The van der Waals surface area contributed by atoms with Gasteiger partial charge in [-0.15, -0.1) is 0 Å². The van der Waals surface area contributed by atoms with Gasteiger partial charge in [0.25, 0.3) is 0 Å². The van der Waals surface area contributed by atoms with E-state index in [9.17, 15) is 9.59 Å². The summed E-state index contributed by atoms with van der Waals surface area (Å²) in [6.45, 7) is 3.70. The number of hydrogen-bond donors (Lipinski definition) is 2. The van der Waals surface area contributed by atoms with Gasteiger partial charge in [-0.1, -0.05) is 30.3 Å². The number of nitrogens with zero attached hydrogens (tertiary/aromatic N) is 1. The van der Waals surface area contributed by atoms with Gasteiger partial charge in [-0.05, 0) is 78.6 Å². The van der Waals surface area contributed by atoms with E-state index >= 15 is 0 Å². The first-order valence-electron chi connectivity index (χ1n) is 7.90. The largest absolute Gasteiger partial charge is 0.329 e. The van der Waals surface area contributed by atoms with Gasteiger partial charge in [0.15, 0.2) is 0 Å². The zero-order chi connectivity index (χ0) is 18.2. The third-order valence-corrected chi connectivity index (χ3v) is 4.28. The lowest BCUT2D eigenvalue weighted by molar-refractivity contribution is -0.136. The zero-order valence-corrected chi connectivity index (χ0v) is 16.3. The van der Waals surface area contributed by atoms with E-state index in [4.69, 9.17) is 0 Å². The zero-order valence-electron chi connectivity index (χ0n) is 14.2. The second kappa shape index (κ2) is 9.31. The minimum Gasteiger partial charge on any atom is -0.317 e. The summed E-state index contributed by atoms with van der Waals surface area (Å²) in [6, 6.07) is 15.6. The number of carbonyl (C=O) groups is 2. The Balaban J connectivity index is 1.84. The van der Waals surface area contributed by atoms with Crippen molar-refractivity contribution in [1.82, 2.24) is 5.43 Å². The molecule has 0 atom stereocenters. The maximum Gasteiger partial charge on any atom is 0.329 e. The number of nitrogens with one attached hydrogen (secondary N) is 2. The van der Waals surface area contributed by atoms with Gasteiger partial charge in [0.05, 0.1) is 0 Å². The van der Waals surface area contributed by atoms with Crippen molar-refractivity contribution in [1.29, 1.82) is 0 Å². The quantitative estimate of drug-likeness (QED) is 0.317. The van der Waals surface area contributed by atoms with Crippen molar-refractivity contribution in [3.05, 3.63) is 63.2 Å². The minimum atomic E-state index is -0.781. The van der Waals surface area contributed by atoms with E-state index in [1.165, 1.54) is 5.56 Å². The molecule has 0 heterocycles. The number of halogens is 1. The molecule has 2 rings (SSSR count). The van der Waals surface area contributed by atoms with Crippen molar-refractivity contribution in [2.24, 2.45) is 5.10 Å². The van der Waals surface area contributed by atoms with Gasteiger partial charge in [-0.3, -0.25) is 9.59 Å². The molecule has 0 fully saturated rings. The third kappa shape index (κ3) is 6.30. The van der Waals surface area contributed by atoms with Crippen molar-refractivity contribution < 1.29 is 9.59 Å². The molecule has 2 N–H and O–H groups in total. The molecule has 0 aliphatic heterocycles. The van der Waals surface area contributed by atoms with E-state index in [-0.39, 0.29) is 0 Å². The molecule has 2 amide bonds. The lowest BCUT2D eigenvalue weighted by atomic mass is 10.1. The summed E-state index contributed by atoms with van der Waals surface area (Å²) in [4.78, 5) is 23.8. The topological polar surface area (TPSA) is 70.6 Å². The molecule has 0 aliphatic carbocycles. The Kier molecular flexibility index (Phi) is 7.12. The Morgan fingerprint density at radius 3 is 2.48 bits per heavy atom. The molecule has 0 saturated heterocycles. The number of rotatable bonds is 5. The van der Waals surface area contributed by atoms with Gasteiger partial charge >= 0.3 is 11.8 Å². The molecule has 2 aromatic carbocycles. The molecule has 0 saturated carbocycles. The van der Waals surface area contributed by atoms with E-state index in [1.807, 2.05) is 56.3 Å². The van der Waals surface area contributed by atoms with Crippen LogP contribution in [-0.2, 0) is 16.0 Å². The molecule has 130 valence electrons. The first-order chi connectivity index (χ1) is 12.0. The molecule has 0 radical (unpaired) electrons. The highest BCUT2D eigenvalue weighted by atomic mass is 127. The summed E-state index contributed by atoms with van der Waals surface area (Å²) in [6.07, 6.45) is 1.54. The average Bonchev–Trinajstić information content (AvgIpc) is 2.61. The molecular formula is C19H20IN3O2. The van der Waals surface area contributed by atoms with Gasteiger partial charge in [0.1, 0.15) is 0 Å². The van der Waals surface area contributed by atoms with Gasteiger partial charge in [-0.25, -0.2) is 5.43 Å². The van der Waals surface area contributed by atoms with Gasteiger partial charge in [0, 0.05) is 15.0 Å². The van der Waals surface area contributed by atoms with Crippen LogP contribution in [-0.4, -0.2) is 17.5 Å². The Morgan fingerprint density at radius 1 is 1.08 bits per heavy atom. The maximum atomic E-state index is 11.9. The van der Waals surface area contributed by atoms with Crippen molar-refractivity contribution in [2.45, 2.75) is 26.7 Å². The normalized spacial score (nSPS) is 11.1. The summed E-state index contributed by atoms with van der Waals surface area (Å²) in [5.41, 5.74) is 5.78. The number of anilines is 1. The van der Waals surface area contributed by atoms with Crippen LogP contribution in [0.25, 0.3) is 0 Å². The number of hydrazone groups is 1. The van der Waals surface area contributed by atoms with E-state index in [1.54, 1.807) is 6.07 Å². The van der Waals surface area contributed by atoms with Crippen molar-refractivity contribution >= 4 is 45.8 Å². The van der Waals surface area contributed by atoms with Gasteiger partial charge < -0.3 is 5.32 Å². The van der Waals surface area contributed by atoms with E-state index in [0.29, 0.717) is 12.1 Å². The molecule has 25 heavy (non-hydrogen) atoms. The monoisotopic (exact) mass is 449 g/mol. The van der Waals surface area contributed by atoms with Crippen molar-refractivity contribution in [2.75, 3.05) is 5.32 Å². The van der Waals surface area contributed by atoms with Gasteiger partial charge in [-0.2, -0.15) is 5.10 Å². The second-order valence-corrected chi connectivity index (χ2v) is 6.93. The predicted octanol–water partition coefficient (Wildman–Crippen LogP) is 3.66. The number of hydrogen-bond acceptors (Lipinski definition) is 3. The molecule has 0 aromatic heterocycles. The number of carbonyl (C=O) groups excluding carboxylic acids is 2. The lowest BCUT2D eigenvalue weighted by Crippen LogP contribution is -2.33. The summed E-state index contributed by atoms with van der Waals surface area (Å²) in [5, 5.41) is 6.59. The summed E-state index contributed by atoms with van der Waals surface area (Å²) in [7, 11) is 0. The standard InChI is InChI=1S/C19H20IN3O2/c1-13-12-16(20)10-11-17(13)21-18(24)19(25)23-22-14(2)8-9-15-6-4-3-5-7-15/h3-7,10-12H,8-9H2,1-2H3,(H,21,24)(H,23,25)/b22-14+. The van der Waals surface area contributed by atoms with Crippen LogP contribution in [0.5, 0.6) is 0 Å². The molecule has 0 bridgehead atoms. The van der Waals surface area contributed by atoms with Crippen LogP contribution in [0.2, 0.25) is 0 Å². The van der Waals surface area contributed by atoms with Gasteiger partial charge in [0.2, 0.25) is 0 Å². The van der Waals surface area contributed by atoms with Crippen molar-refractivity contribution in [3.63, 3.8) is 0 Å². The smallest absolute Gasteiger partial charge is 0.317 e. The summed E-state index contributed by atoms with van der Waals surface area (Å²) in [5.74, 6) is -1.51. The maximum absolute atomic E-state index is 11.9. The molecule has 5 nitrogen and oxygen atoms in total. The molecule has 0 unspecified atom stereocenters. The molecule has 2 aromatic rings. The minimum absolute atomic E-state index is 0.616. The first-order valence-corrected chi connectivity index (χ1v) is 8.98. The van der Waals surface area contributed by atoms with E-state index < -0.39 is 11.8 Å². The van der Waals surface area contributed by atoms with Crippen LogP contribution in [0.4, 0.5) is 5.69 Å². The van der Waals surface area contributed by atoms with E-state index in [2.05, 4.69) is 38.4 Å². The van der Waals surface area contributed by atoms with Crippen LogP contribution in [0, 0.1) is 10.5 Å². The molecular weight excluding hydrogens is 429 g/mol. The Labute approximate surface area is 161 Å². The molecule has 0 aliphatic rings. The summed E-state index contributed by atoms with van der Waals surface area (Å²) >= 11 is 2.19. The van der Waals surface area contributed by atoms with Crippen LogP contribution in [0.15, 0.2) is 53.6 Å². The molecule has 6 heteroatoms. The lowest BCUT2D eigenvalue weighted by Gasteiger charge is -2.08.